The molecular formula is C17H33NO. The van der Waals surface area contributed by atoms with E-state index in [1.807, 2.05) is 0 Å². The third-order valence-electron chi connectivity index (χ3n) is 5.02. The predicted molar refractivity (Wildman–Crippen MR) is 81.5 cm³/mol. The van der Waals surface area contributed by atoms with E-state index >= 15 is 0 Å². The van der Waals surface area contributed by atoms with E-state index in [1.165, 1.54) is 70.6 Å². The maximum absolute atomic E-state index is 6.18. The van der Waals surface area contributed by atoms with Crippen LogP contribution in [-0.4, -0.2) is 24.3 Å². The van der Waals surface area contributed by atoms with Crippen LogP contribution < -0.4 is 5.32 Å². The number of rotatable bonds is 6. The molecule has 2 atom stereocenters. The molecule has 2 heteroatoms. The van der Waals surface area contributed by atoms with Gasteiger partial charge in [0.25, 0.3) is 0 Å². The zero-order valence-corrected chi connectivity index (χ0v) is 13.0. The van der Waals surface area contributed by atoms with Crippen molar-refractivity contribution < 1.29 is 4.74 Å². The van der Waals surface area contributed by atoms with E-state index in [2.05, 4.69) is 19.2 Å². The lowest BCUT2D eigenvalue weighted by atomic mass is 9.78. The molecule has 1 spiro atoms. The average molecular weight is 267 g/mol. The molecule has 112 valence electrons. The number of hydrogen-bond acceptors (Lipinski definition) is 2. The summed E-state index contributed by atoms with van der Waals surface area (Å²) in [5, 5.41) is 3.87. The number of ether oxygens (including phenoxy) is 1. The summed E-state index contributed by atoms with van der Waals surface area (Å²) in [5.74, 6) is 0. The minimum atomic E-state index is 0.247. The molecule has 2 rings (SSSR count). The molecule has 0 aromatic rings. The molecular weight excluding hydrogens is 234 g/mol. The topological polar surface area (TPSA) is 21.3 Å². The molecule has 2 aliphatic rings. The van der Waals surface area contributed by atoms with E-state index in [9.17, 15) is 0 Å². The van der Waals surface area contributed by atoms with Gasteiger partial charge in [-0.25, -0.2) is 0 Å². The van der Waals surface area contributed by atoms with Crippen LogP contribution in [-0.2, 0) is 4.74 Å². The zero-order valence-electron chi connectivity index (χ0n) is 13.0. The molecule has 1 N–H and O–H groups in total. The second kappa shape index (κ2) is 7.64. The van der Waals surface area contributed by atoms with Crippen molar-refractivity contribution in [1.29, 1.82) is 0 Å². The van der Waals surface area contributed by atoms with E-state index in [0.29, 0.717) is 12.1 Å². The standard InChI is InChI=1S/C17H33NO/c1-3-4-6-9-15(2)18-16-10-13-19-17(14-16)11-7-5-8-12-17/h15-16,18H,3-14H2,1-2H3. The van der Waals surface area contributed by atoms with Gasteiger partial charge in [0, 0.05) is 18.7 Å². The maximum Gasteiger partial charge on any atom is 0.0697 e. The SMILES string of the molecule is CCCCCC(C)NC1CCOC2(CCCCC2)C1. The fourth-order valence-corrected chi connectivity index (χ4v) is 3.90. The molecule has 2 unspecified atom stereocenters. The van der Waals surface area contributed by atoms with Crippen LogP contribution in [0.3, 0.4) is 0 Å². The first-order chi connectivity index (χ1) is 9.24. The zero-order chi connectivity index (χ0) is 13.6. The van der Waals surface area contributed by atoms with Crippen molar-refractivity contribution in [3.8, 4) is 0 Å². The minimum absolute atomic E-state index is 0.247. The summed E-state index contributed by atoms with van der Waals surface area (Å²) in [6.07, 6.45) is 14.6. The first kappa shape index (κ1) is 15.3. The van der Waals surface area contributed by atoms with E-state index in [4.69, 9.17) is 4.74 Å². The van der Waals surface area contributed by atoms with E-state index in [0.717, 1.165) is 6.61 Å². The number of hydrogen-bond donors (Lipinski definition) is 1. The molecule has 19 heavy (non-hydrogen) atoms. The highest BCUT2D eigenvalue weighted by atomic mass is 16.5. The lowest BCUT2D eigenvalue weighted by Gasteiger charge is -2.44. The molecule has 1 aliphatic carbocycles. The summed E-state index contributed by atoms with van der Waals surface area (Å²) in [6, 6.07) is 1.37. The lowest BCUT2D eigenvalue weighted by molar-refractivity contribution is -0.110. The Morgan fingerprint density at radius 2 is 2.00 bits per heavy atom. The third-order valence-corrected chi connectivity index (χ3v) is 5.02. The van der Waals surface area contributed by atoms with Gasteiger partial charge in [-0.2, -0.15) is 0 Å². The highest BCUT2D eigenvalue weighted by Crippen LogP contribution is 2.38. The predicted octanol–water partition coefficient (Wildman–Crippen LogP) is 4.43. The van der Waals surface area contributed by atoms with Gasteiger partial charge >= 0.3 is 0 Å². The van der Waals surface area contributed by atoms with Gasteiger partial charge in [-0.15, -0.1) is 0 Å². The molecule has 0 amide bonds. The Kier molecular flexibility index (Phi) is 6.15. The van der Waals surface area contributed by atoms with Crippen molar-refractivity contribution >= 4 is 0 Å². The number of nitrogens with one attached hydrogen (secondary N) is 1. The van der Waals surface area contributed by atoms with Crippen LogP contribution in [0.25, 0.3) is 0 Å². The normalized spacial score (nSPS) is 28.4. The van der Waals surface area contributed by atoms with Gasteiger partial charge in [-0.1, -0.05) is 45.4 Å². The Morgan fingerprint density at radius 1 is 1.21 bits per heavy atom. The fourth-order valence-electron chi connectivity index (χ4n) is 3.90. The largest absolute Gasteiger partial charge is 0.375 e. The smallest absolute Gasteiger partial charge is 0.0697 e. The van der Waals surface area contributed by atoms with Crippen molar-refractivity contribution in [1.82, 2.24) is 5.32 Å². The fraction of sp³-hybridized carbons (Fsp3) is 1.00. The number of unbranched alkanes of at least 4 members (excludes halogenated alkanes) is 2. The van der Waals surface area contributed by atoms with Gasteiger partial charge in [0.2, 0.25) is 0 Å². The van der Waals surface area contributed by atoms with Crippen LogP contribution in [0.5, 0.6) is 0 Å². The molecule has 0 aromatic heterocycles. The molecule has 1 heterocycles. The summed E-state index contributed by atoms with van der Waals surface area (Å²) in [6.45, 7) is 5.61. The van der Waals surface area contributed by atoms with E-state index in [1.54, 1.807) is 0 Å². The highest BCUT2D eigenvalue weighted by Gasteiger charge is 2.38. The summed E-state index contributed by atoms with van der Waals surface area (Å²) < 4.78 is 6.18. The minimum Gasteiger partial charge on any atom is -0.375 e. The summed E-state index contributed by atoms with van der Waals surface area (Å²) in [5.41, 5.74) is 0.247. The van der Waals surface area contributed by atoms with Gasteiger partial charge in [0.1, 0.15) is 0 Å². The van der Waals surface area contributed by atoms with Crippen LogP contribution >= 0.6 is 0 Å². The summed E-state index contributed by atoms with van der Waals surface area (Å²) in [4.78, 5) is 0. The first-order valence-electron chi connectivity index (χ1n) is 8.64. The van der Waals surface area contributed by atoms with Crippen molar-refractivity contribution in [2.75, 3.05) is 6.61 Å². The van der Waals surface area contributed by atoms with Gasteiger partial charge in [-0.3, -0.25) is 0 Å². The highest BCUT2D eigenvalue weighted by molar-refractivity contribution is 4.92. The van der Waals surface area contributed by atoms with Crippen molar-refractivity contribution in [3.05, 3.63) is 0 Å². The molecule has 1 saturated carbocycles. The van der Waals surface area contributed by atoms with Crippen molar-refractivity contribution in [3.63, 3.8) is 0 Å². The Bertz CT molecular complexity index is 242. The van der Waals surface area contributed by atoms with Gasteiger partial charge < -0.3 is 10.1 Å². The first-order valence-corrected chi connectivity index (χ1v) is 8.64. The monoisotopic (exact) mass is 267 g/mol. The lowest BCUT2D eigenvalue weighted by Crippen LogP contribution is -2.50. The molecule has 2 fully saturated rings. The Labute approximate surface area is 119 Å². The van der Waals surface area contributed by atoms with Gasteiger partial charge in [0.15, 0.2) is 0 Å². The van der Waals surface area contributed by atoms with Gasteiger partial charge in [-0.05, 0) is 39.0 Å². The van der Waals surface area contributed by atoms with Crippen molar-refractivity contribution in [2.45, 2.75) is 102 Å². The Balaban J connectivity index is 1.74. The summed E-state index contributed by atoms with van der Waals surface area (Å²) in [7, 11) is 0. The molecule has 1 aliphatic heterocycles. The van der Waals surface area contributed by atoms with Gasteiger partial charge in [0.05, 0.1) is 5.60 Å². The molecule has 2 nitrogen and oxygen atoms in total. The van der Waals surface area contributed by atoms with Crippen LogP contribution in [0.2, 0.25) is 0 Å². The van der Waals surface area contributed by atoms with Crippen LogP contribution in [0.1, 0.15) is 84.5 Å². The Hall–Kier alpha value is -0.0800. The second-order valence-electron chi connectivity index (χ2n) is 6.85. The Morgan fingerprint density at radius 3 is 2.74 bits per heavy atom. The molecule has 1 saturated heterocycles. The van der Waals surface area contributed by atoms with E-state index < -0.39 is 0 Å². The van der Waals surface area contributed by atoms with Crippen LogP contribution in [0.15, 0.2) is 0 Å². The molecule has 0 radical (unpaired) electrons. The summed E-state index contributed by atoms with van der Waals surface area (Å²) >= 11 is 0. The third kappa shape index (κ3) is 4.75. The maximum atomic E-state index is 6.18. The molecule has 0 bridgehead atoms. The quantitative estimate of drug-likeness (QED) is 0.719. The van der Waals surface area contributed by atoms with Crippen LogP contribution in [0.4, 0.5) is 0 Å². The molecule has 0 aromatic carbocycles. The van der Waals surface area contributed by atoms with Crippen molar-refractivity contribution in [2.24, 2.45) is 0 Å². The second-order valence-corrected chi connectivity index (χ2v) is 6.85. The van der Waals surface area contributed by atoms with Crippen LogP contribution in [0, 0.1) is 0 Å². The van der Waals surface area contributed by atoms with E-state index in [-0.39, 0.29) is 5.60 Å². The average Bonchev–Trinajstić information content (AvgIpc) is 2.40.